The number of aliphatic hydroxyl groups excluding tert-OH is 1. The van der Waals surface area contributed by atoms with Crippen LogP contribution in [0.15, 0.2) is 29.2 Å². The Morgan fingerprint density at radius 3 is 3.11 bits per heavy atom. The summed E-state index contributed by atoms with van der Waals surface area (Å²) in [5.74, 6) is 0. The monoisotopic (exact) mass is 259 g/mol. The highest BCUT2D eigenvalue weighted by atomic mass is 16.3. The summed E-state index contributed by atoms with van der Waals surface area (Å²) in [6.07, 6.45) is 2.29. The number of aryl methyl sites for hydroxylation is 1. The van der Waals surface area contributed by atoms with Crippen molar-refractivity contribution in [1.29, 1.82) is 0 Å². The Bertz CT molecular complexity index is 665. The van der Waals surface area contributed by atoms with Crippen molar-refractivity contribution in [1.82, 2.24) is 14.3 Å². The van der Waals surface area contributed by atoms with Crippen molar-refractivity contribution in [2.75, 3.05) is 13.1 Å². The van der Waals surface area contributed by atoms with E-state index in [0.29, 0.717) is 18.7 Å². The number of fused-ring (bicyclic) bond motifs is 1. The van der Waals surface area contributed by atoms with Gasteiger partial charge in [0.05, 0.1) is 11.8 Å². The predicted molar refractivity (Wildman–Crippen MR) is 72.1 cm³/mol. The number of aromatic nitrogens is 2. The van der Waals surface area contributed by atoms with Crippen LogP contribution in [0.1, 0.15) is 17.7 Å². The Balaban J connectivity index is 1.97. The van der Waals surface area contributed by atoms with E-state index in [4.69, 9.17) is 0 Å². The van der Waals surface area contributed by atoms with Crippen LogP contribution in [0.3, 0.4) is 0 Å². The van der Waals surface area contributed by atoms with Gasteiger partial charge in [-0.15, -0.1) is 0 Å². The average Bonchev–Trinajstić information content (AvgIpc) is 2.76. The summed E-state index contributed by atoms with van der Waals surface area (Å²) in [5.41, 5.74) is 2.42. The second-order valence-corrected chi connectivity index (χ2v) is 5.15. The maximum absolute atomic E-state index is 12.0. The molecule has 5 nitrogen and oxygen atoms in total. The van der Waals surface area contributed by atoms with Gasteiger partial charge in [-0.05, 0) is 25.0 Å². The number of β-amino-alcohol motifs (C(OH)–C–C–N with tert-alkyl or cyclic N) is 1. The van der Waals surface area contributed by atoms with Gasteiger partial charge in [0, 0.05) is 31.9 Å². The van der Waals surface area contributed by atoms with Gasteiger partial charge in [-0.1, -0.05) is 6.07 Å². The van der Waals surface area contributed by atoms with Gasteiger partial charge in [0.15, 0.2) is 0 Å². The van der Waals surface area contributed by atoms with Crippen LogP contribution in [0.25, 0.3) is 5.65 Å². The highest BCUT2D eigenvalue weighted by Crippen LogP contribution is 2.12. The molecule has 2 aromatic heterocycles. The summed E-state index contributed by atoms with van der Waals surface area (Å²) in [6, 6.07) is 5.38. The van der Waals surface area contributed by atoms with Crippen molar-refractivity contribution in [2.24, 2.45) is 0 Å². The molecular formula is C14H17N3O2. The van der Waals surface area contributed by atoms with E-state index < -0.39 is 0 Å². The predicted octanol–water partition coefficient (Wildman–Crippen LogP) is 0.570. The van der Waals surface area contributed by atoms with Crippen LogP contribution in [0.5, 0.6) is 0 Å². The standard InChI is InChI=1S/C14H17N3O2/c1-10-3-2-5-17-13(19)7-11(15-14(10)17)8-16-6-4-12(18)9-16/h2-3,5,7,12,18H,4,6,8-9H2,1H3. The molecule has 0 aliphatic carbocycles. The Hall–Kier alpha value is -1.72. The van der Waals surface area contributed by atoms with E-state index in [0.717, 1.165) is 24.2 Å². The SMILES string of the molecule is Cc1cccn2c(=O)cc(CN3CCC(O)C3)nc12. The van der Waals surface area contributed by atoms with Gasteiger partial charge in [-0.25, -0.2) is 4.98 Å². The molecule has 0 saturated carbocycles. The molecule has 5 heteroatoms. The molecule has 0 spiro atoms. The van der Waals surface area contributed by atoms with Crippen LogP contribution in [-0.4, -0.2) is 38.6 Å². The first kappa shape index (κ1) is 12.3. The summed E-state index contributed by atoms with van der Waals surface area (Å²) < 4.78 is 1.57. The normalized spacial score (nSPS) is 20.2. The highest BCUT2D eigenvalue weighted by molar-refractivity contribution is 5.46. The van der Waals surface area contributed by atoms with Gasteiger partial charge in [0.2, 0.25) is 0 Å². The summed E-state index contributed by atoms with van der Waals surface area (Å²) in [5, 5.41) is 9.52. The average molecular weight is 259 g/mol. The quantitative estimate of drug-likeness (QED) is 0.856. The number of aliphatic hydroxyl groups is 1. The van der Waals surface area contributed by atoms with Crippen molar-refractivity contribution >= 4 is 5.65 Å². The van der Waals surface area contributed by atoms with Gasteiger partial charge < -0.3 is 5.11 Å². The smallest absolute Gasteiger partial charge is 0.258 e. The van der Waals surface area contributed by atoms with Crippen molar-refractivity contribution in [3.8, 4) is 0 Å². The molecule has 0 radical (unpaired) electrons. The lowest BCUT2D eigenvalue weighted by molar-refractivity contribution is 0.174. The second kappa shape index (κ2) is 4.75. The van der Waals surface area contributed by atoms with E-state index in [1.54, 1.807) is 16.7 Å². The Kier molecular flexibility index (Phi) is 3.08. The van der Waals surface area contributed by atoms with Crippen molar-refractivity contribution in [3.63, 3.8) is 0 Å². The minimum atomic E-state index is -0.247. The Labute approximate surface area is 111 Å². The van der Waals surface area contributed by atoms with Crippen molar-refractivity contribution < 1.29 is 5.11 Å². The van der Waals surface area contributed by atoms with E-state index >= 15 is 0 Å². The Morgan fingerprint density at radius 1 is 1.53 bits per heavy atom. The fraction of sp³-hybridized carbons (Fsp3) is 0.429. The molecule has 3 rings (SSSR count). The number of hydrogen-bond donors (Lipinski definition) is 1. The minimum Gasteiger partial charge on any atom is -0.392 e. The lowest BCUT2D eigenvalue weighted by Crippen LogP contribution is -2.24. The van der Waals surface area contributed by atoms with E-state index in [9.17, 15) is 9.90 Å². The third kappa shape index (κ3) is 2.39. The second-order valence-electron chi connectivity index (χ2n) is 5.15. The fourth-order valence-corrected chi connectivity index (χ4v) is 2.57. The molecule has 1 aliphatic heterocycles. The molecule has 1 aliphatic rings. The van der Waals surface area contributed by atoms with Gasteiger partial charge in [0.25, 0.3) is 5.56 Å². The largest absolute Gasteiger partial charge is 0.392 e. The van der Waals surface area contributed by atoms with Crippen LogP contribution in [0.4, 0.5) is 0 Å². The van der Waals surface area contributed by atoms with E-state index in [1.807, 2.05) is 19.1 Å². The van der Waals surface area contributed by atoms with Crippen LogP contribution < -0.4 is 5.56 Å². The molecule has 1 atom stereocenters. The van der Waals surface area contributed by atoms with Crippen LogP contribution in [-0.2, 0) is 6.54 Å². The zero-order valence-corrected chi connectivity index (χ0v) is 10.9. The summed E-state index contributed by atoms with van der Waals surface area (Å²) in [7, 11) is 0. The zero-order chi connectivity index (χ0) is 13.4. The van der Waals surface area contributed by atoms with Crippen LogP contribution >= 0.6 is 0 Å². The fourth-order valence-electron chi connectivity index (χ4n) is 2.57. The van der Waals surface area contributed by atoms with Gasteiger partial charge in [-0.2, -0.15) is 0 Å². The molecule has 2 aromatic rings. The minimum absolute atomic E-state index is 0.0524. The summed E-state index contributed by atoms with van der Waals surface area (Å²) in [6.45, 7) is 4.09. The molecule has 100 valence electrons. The first-order chi connectivity index (χ1) is 9.13. The van der Waals surface area contributed by atoms with Gasteiger partial charge in [0.1, 0.15) is 5.65 Å². The number of rotatable bonds is 2. The lowest BCUT2D eigenvalue weighted by Gasteiger charge is -2.14. The molecule has 1 fully saturated rings. The summed E-state index contributed by atoms with van der Waals surface area (Å²) in [4.78, 5) is 18.7. The highest BCUT2D eigenvalue weighted by Gasteiger charge is 2.20. The van der Waals surface area contributed by atoms with Gasteiger partial charge >= 0.3 is 0 Å². The van der Waals surface area contributed by atoms with E-state index in [1.165, 1.54) is 0 Å². The van der Waals surface area contributed by atoms with Crippen LogP contribution in [0.2, 0.25) is 0 Å². The maximum Gasteiger partial charge on any atom is 0.258 e. The number of pyridine rings is 1. The Morgan fingerprint density at radius 2 is 2.37 bits per heavy atom. The third-order valence-corrected chi connectivity index (χ3v) is 3.57. The van der Waals surface area contributed by atoms with Crippen molar-refractivity contribution in [2.45, 2.75) is 26.0 Å². The molecular weight excluding hydrogens is 242 g/mol. The summed E-state index contributed by atoms with van der Waals surface area (Å²) >= 11 is 0. The molecule has 3 heterocycles. The lowest BCUT2D eigenvalue weighted by atomic mass is 10.3. The first-order valence-electron chi connectivity index (χ1n) is 6.52. The molecule has 0 bridgehead atoms. The van der Waals surface area contributed by atoms with Crippen molar-refractivity contribution in [3.05, 3.63) is 46.0 Å². The molecule has 19 heavy (non-hydrogen) atoms. The van der Waals surface area contributed by atoms with E-state index in [-0.39, 0.29) is 11.7 Å². The maximum atomic E-state index is 12.0. The first-order valence-corrected chi connectivity index (χ1v) is 6.52. The molecule has 0 aromatic carbocycles. The topological polar surface area (TPSA) is 57.8 Å². The third-order valence-electron chi connectivity index (χ3n) is 3.57. The number of nitrogens with zero attached hydrogens (tertiary/aromatic N) is 3. The molecule has 1 N–H and O–H groups in total. The molecule has 1 saturated heterocycles. The van der Waals surface area contributed by atoms with Gasteiger partial charge in [-0.3, -0.25) is 14.1 Å². The van der Waals surface area contributed by atoms with E-state index in [2.05, 4.69) is 9.88 Å². The molecule has 0 amide bonds. The number of likely N-dealkylation sites (tertiary alicyclic amines) is 1. The zero-order valence-electron chi connectivity index (χ0n) is 10.9. The number of hydrogen-bond acceptors (Lipinski definition) is 4. The molecule has 1 unspecified atom stereocenters. The van der Waals surface area contributed by atoms with Crippen LogP contribution in [0, 0.1) is 6.92 Å².